The molecule has 0 spiro atoms. The van der Waals surface area contributed by atoms with E-state index >= 15 is 0 Å². The predicted octanol–water partition coefficient (Wildman–Crippen LogP) is 0.705. The lowest BCUT2D eigenvalue weighted by molar-refractivity contribution is -0.177. The highest BCUT2D eigenvalue weighted by molar-refractivity contribution is 5.72. The van der Waals surface area contributed by atoms with E-state index in [9.17, 15) is 4.79 Å². The zero-order chi connectivity index (χ0) is 10.9. The van der Waals surface area contributed by atoms with E-state index in [1.807, 2.05) is 6.92 Å². The van der Waals surface area contributed by atoms with Gasteiger partial charge < -0.3 is 15.6 Å². The Labute approximate surface area is 84.4 Å². The summed E-state index contributed by atoms with van der Waals surface area (Å²) in [6.45, 7) is 6.45. The Morgan fingerprint density at radius 2 is 1.86 bits per heavy atom. The van der Waals surface area contributed by atoms with Crippen molar-refractivity contribution in [2.45, 2.75) is 33.0 Å². The fourth-order valence-electron chi connectivity index (χ4n) is 2.08. The van der Waals surface area contributed by atoms with Gasteiger partial charge in [-0.05, 0) is 17.8 Å². The van der Waals surface area contributed by atoms with Gasteiger partial charge in [0.25, 0.3) is 0 Å². The molecule has 0 bridgehead atoms. The number of carboxylic acids is 1. The monoisotopic (exact) mass is 201 g/mol. The number of rotatable bonds is 2. The maximum Gasteiger partial charge on any atom is 0.333 e. The van der Waals surface area contributed by atoms with Crippen LogP contribution in [-0.2, 0) is 9.53 Å². The molecule has 14 heavy (non-hydrogen) atoms. The van der Waals surface area contributed by atoms with Crippen molar-refractivity contribution in [3.8, 4) is 0 Å². The van der Waals surface area contributed by atoms with Crippen LogP contribution in [0.4, 0.5) is 0 Å². The fourth-order valence-corrected chi connectivity index (χ4v) is 2.08. The van der Waals surface area contributed by atoms with Crippen molar-refractivity contribution in [3.63, 3.8) is 0 Å². The maximum atomic E-state index is 10.9. The lowest BCUT2D eigenvalue weighted by Gasteiger charge is -2.41. The molecule has 1 aliphatic rings. The number of hydrogen-bond acceptors (Lipinski definition) is 3. The highest BCUT2D eigenvalue weighted by Gasteiger charge is 2.41. The molecule has 4 nitrogen and oxygen atoms in total. The van der Waals surface area contributed by atoms with Crippen molar-refractivity contribution in [1.82, 2.24) is 0 Å². The minimum absolute atomic E-state index is 0.0466. The molecule has 1 aliphatic heterocycles. The molecule has 5 atom stereocenters. The van der Waals surface area contributed by atoms with Crippen LogP contribution in [-0.4, -0.2) is 29.8 Å². The van der Waals surface area contributed by atoms with Crippen molar-refractivity contribution in [1.29, 1.82) is 0 Å². The topological polar surface area (TPSA) is 72.5 Å². The molecule has 0 aromatic carbocycles. The van der Waals surface area contributed by atoms with Crippen LogP contribution in [0.1, 0.15) is 20.8 Å². The number of aliphatic carboxylic acids is 1. The first kappa shape index (κ1) is 11.5. The van der Waals surface area contributed by atoms with Crippen molar-refractivity contribution >= 4 is 5.97 Å². The van der Waals surface area contributed by atoms with Gasteiger partial charge in [0.1, 0.15) is 0 Å². The Kier molecular flexibility index (Phi) is 3.50. The molecule has 82 valence electrons. The summed E-state index contributed by atoms with van der Waals surface area (Å²) >= 11 is 0. The average Bonchev–Trinajstić information content (AvgIpc) is 2.14. The molecule has 0 saturated carbocycles. The van der Waals surface area contributed by atoms with Gasteiger partial charge >= 0.3 is 5.97 Å². The van der Waals surface area contributed by atoms with Gasteiger partial charge in [-0.25, -0.2) is 4.79 Å². The van der Waals surface area contributed by atoms with E-state index in [2.05, 4.69) is 13.8 Å². The first-order chi connectivity index (χ1) is 6.49. The van der Waals surface area contributed by atoms with Gasteiger partial charge in [-0.3, -0.25) is 0 Å². The average molecular weight is 201 g/mol. The van der Waals surface area contributed by atoms with Crippen LogP contribution < -0.4 is 5.73 Å². The van der Waals surface area contributed by atoms with Gasteiger partial charge in [-0.1, -0.05) is 20.8 Å². The summed E-state index contributed by atoms with van der Waals surface area (Å²) < 4.78 is 5.47. The second-order valence-corrected chi connectivity index (χ2v) is 4.25. The fraction of sp³-hybridized carbons (Fsp3) is 0.900. The smallest absolute Gasteiger partial charge is 0.333 e. The van der Waals surface area contributed by atoms with E-state index in [1.165, 1.54) is 0 Å². The minimum Gasteiger partial charge on any atom is -0.479 e. The zero-order valence-electron chi connectivity index (χ0n) is 8.93. The summed E-state index contributed by atoms with van der Waals surface area (Å²) in [6, 6.07) is 0. The molecule has 1 fully saturated rings. The molecule has 0 aliphatic carbocycles. The van der Waals surface area contributed by atoms with Crippen molar-refractivity contribution in [2.75, 3.05) is 6.54 Å². The summed E-state index contributed by atoms with van der Waals surface area (Å²) in [4.78, 5) is 10.9. The first-order valence-electron chi connectivity index (χ1n) is 5.07. The van der Waals surface area contributed by atoms with Crippen molar-refractivity contribution < 1.29 is 14.6 Å². The van der Waals surface area contributed by atoms with E-state index in [0.717, 1.165) is 0 Å². The molecule has 0 unspecified atom stereocenters. The van der Waals surface area contributed by atoms with Crippen LogP contribution in [0.5, 0.6) is 0 Å². The second-order valence-electron chi connectivity index (χ2n) is 4.25. The summed E-state index contributed by atoms with van der Waals surface area (Å²) in [7, 11) is 0. The molecule has 0 aromatic heterocycles. The number of hydrogen-bond donors (Lipinski definition) is 2. The number of carbonyl (C=O) groups is 1. The molecule has 1 saturated heterocycles. The molecule has 0 amide bonds. The minimum atomic E-state index is -0.880. The standard InChI is InChI=1S/C10H19NO3/c1-5-6(2)8(4-11)14-9(7(5)3)10(12)13/h5-9H,4,11H2,1-3H3,(H,12,13)/t5-,6-,7+,8+,9+/m0/s1. The molecular formula is C10H19NO3. The number of carboxylic acid groups (broad SMARTS) is 1. The molecule has 0 radical (unpaired) electrons. The lowest BCUT2D eigenvalue weighted by Crippen LogP contribution is -2.50. The van der Waals surface area contributed by atoms with Crippen molar-refractivity contribution in [2.24, 2.45) is 23.5 Å². The maximum absolute atomic E-state index is 10.9. The molecule has 1 rings (SSSR count). The van der Waals surface area contributed by atoms with E-state index < -0.39 is 12.1 Å². The van der Waals surface area contributed by atoms with Crippen LogP contribution in [0.25, 0.3) is 0 Å². The quantitative estimate of drug-likeness (QED) is 0.690. The first-order valence-corrected chi connectivity index (χ1v) is 5.07. The molecule has 4 heteroatoms. The van der Waals surface area contributed by atoms with Crippen LogP contribution in [0, 0.1) is 17.8 Å². The Morgan fingerprint density at radius 3 is 2.29 bits per heavy atom. The third-order valence-electron chi connectivity index (χ3n) is 3.52. The van der Waals surface area contributed by atoms with Crippen LogP contribution >= 0.6 is 0 Å². The highest BCUT2D eigenvalue weighted by atomic mass is 16.5. The Balaban J connectivity index is 2.78. The normalized spacial score (nSPS) is 43.6. The Hall–Kier alpha value is -0.610. The van der Waals surface area contributed by atoms with E-state index in [0.29, 0.717) is 18.4 Å². The largest absolute Gasteiger partial charge is 0.479 e. The van der Waals surface area contributed by atoms with Gasteiger partial charge in [-0.2, -0.15) is 0 Å². The molecule has 0 aromatic rings. The third kappa shape index (κ3) is 1.91. The van der Waals surface area contributed by atoms with Gasteiger partial charge in [0.2, 0.25) is 0 Å². The van der Waals surface area contributed by atoms with E-state index in [1.54, 1.807) is 0 Å². The van der Waals surface area contributed by atoms with E-state index in [-0.39, 0.29) is 12.0 Å². The van der Waals surface area contributed by atoms with Gasteiger partial charge in [0.05, 0.1) is 6.10 Å². The molecule has 1 heterocycles. The predicted molar refractivity (Wildman–Crippen MR) is 52.8 cm³/mol. The third-order valence-corrected chi connectivity index (χ3v) is 3.52. The van der Waals surface area contributed by atoms with Crippen LogP contribution in [0.2, 0.25) is 0 Å². The SMILES string of the molecule is C[C@@H]1[C@@H](C)[C@H](C(=O)O)O[C@H](CN)[C@H]1C. The number of ether oxygens (including phenoxy) is 1. The lowest BCUT2D eigenvalue weighted by atomic mass is 9.76. The second kappa shape index (κ2) is 4.28. The van der Waals surface area contributed by atoms with Gasteiger partial charge in [-0.15, -0.1) is 0 Å². The summed E-state index contributed by atoms with van der Waals surface area (Å²) in [5.74, 6) is -0.177. The molecule has 3 N–H and O–H groups in total. The highest BCUT2D eigenvalue weighted by Crippen LogP contribution is 2.34. The van der Waals surface area contributed by atoms with Gasteiger partial charge in [0.15, 0.2) is 6.10 Å². The molecular weight excluding hydrogens is 182 g/mol. The van der Waals surface area contributed by atoms with Gasteiger partial charge in [0, 0.05) is 6.54 Å². The Bertz CT molecular complexity index is 217. The van der Waals surface area contributed by atoms with E-state index in [4.69, 9.17) is 15.6 Å². The van der Waals surface area contributed by atoms with Crippen molar-refractivity contribution in [3.05, 3.63) is 0 Å². The van der Waals surface area contributed by atoms with Crippen LogP contribution in [0.15, 0.2) is 0 Å². The summed E-state index contributed by atoms with van der Waals surface area (Å²) in [6.07, 6.45) is -0.822. The summed E-state index contributed by atoms with van der Waals surface area (Å²) in [5, 5.41) is 8.96. The number of nitrogens with two attached hydrogens (primary N) is 1. The van der Waals surface area contributed by atoms with Crippen LogP contribution in [0.3, 0.4) is 0 Å². The Morgan fingerprint density at radius 1 is 1.29 bits per heavy atom. The summed E-state index contributed by atoms with van der Waals surface area (Å²) in [5.41, 5.74) is 5.55. The zero-order valence-corrected chi connectivity index (χ0v) is 8.93.